The second-order valence-electron chi connectivity index (χ2n) is 8.49. The first-order valence-electron chi connectivity index (χ1n) is 10.7. The number of alkyl halides is 1. The first-order valence-corrected chi connectivity index (χ1v) is 11.5. The lowest BCUT2D eigenvalue weighted by Gasteiger charge is -2.33. The molecule has 1 aliphatic carbocycles. The van der Waals surface area contributed by atoms with Crippen LogP contribution in [0.5, 0.6) is 0 Å². The van der Waals surface area contributed by atoms with E-state index in [0.717, 1.165) is 43.1 Å². The van der Waals surface area contributed by atoms with Gasteiger partial charge in [-0.3, -0.25) is 14.3 Å². The number of Topliss-reactive ketones (excluding diaryl/α,β-unsaturated/α-hetero) is 1. The van der Waals surface area contributed by atoms with E-state index in [1.165, 1.54) is 6.08 Å². The SMILES string of the molecule is CC1CC(=O)C(c2nc(C(=O)Nc3cnn(C)c3N3CCC(CN)CC3)c(N)s2)=CC1F. The van der Waals surface area contributed by atoms with E-state index < -0.39 is 12.1 Å². The van der Waals surface area contributed by atoms with Crippen LogP contribution in [0.2, 0.25) is 0 Å². The molecule has 1 amide bonds. The Kier molecular flexibility index (Phi) is 6.29. The van der Waals surface area contributed by atoms with Gasteiger partial charge in [0.1, 0.15) is 21.9 Å². The van der Waals surface area contributed by atoms with Crippen molar-refractivity contribution >= 4 is 45.1 Å². The van der Waals surface area contributed by atoms with E-state index in [-0.39, 0.29) is 39.4 Å². The molecule has 32 heavy (non-hydrogen) atoms. The minimum absolute atomic E-state index is 0.0179. The van der Waals surface area contributed by atoms with E-state index in [2.05, 4.69) is 20.3 Å². The number of anilines is 3. The van der Waals surface area contributed by atoms with Crippen LogP contribution in [-0.4, -0.2) is 52.3 Å². The predicted octanol–water partition coefficient (Wildman–Crippen LogP) is 2.22. The highest BCUT2D eigenvalue weighted by Gasteiger charge is 2.31. The number of hydrogen-bond acceptors (Lipinski definition) is 8. The lowest BCUT2D eigenvalue weighted by Crippen LogP contribution is -2.37. The smallest absolute Gasteiger partial charge is 0.277 e. The monoisotopic (exact) mass is 461 g/mol. The molecule has 1 saturated heterocycles. The highest BCUT2D eigenvalue weighted by molar-refractivity contribution is 7.17. The third-order valence-electron chi connectivity index (χ3n) is 6.18. The topological polar surface area (TPSA) is 132 Å². The summed E-state index contributed by atoms with van der Waals surface area (Å²) in [5, 5.41) is 7.59. The zero-order valence-electron chi connectivity index (χ0n) is 18.2. The summed E-state index contributed by atoms with van der Waals surface area (Å²) in [7, 11) is 1.82. The molecular weight excluding hydrogens is 433 g/mol. The van der Waals surface area contributed by atoms with Gasteiger partial charge in [0.15, 0.2) is 17.3 Å². The molecule has 4 rings (SSSR count). The molecule has 172 valence electrons. The maximum Gasteiger partial charge on any atom is 0.277 e. The molecule has 0 aromatic carbocycles. The van der Waals surface area contributed by atoms with Crippen molar-refractivity contribution < 1.29 is 14.0 Å². The maximum absolute atomic E-state index is 14.1. The zero-order chi connectivity index (χ0) is 23.0. The fraction of sp³-hybridized carbons (Fsp3) is 0.524. The molecule has 5 N–H and O–H groups in total. The minimum atomic E-state index is -1.23. The van der Waals surface area contributed by atoms with E-state index in [1.807, 2.05) is 7.05 Å². The van der Waals surface area contributed by atoms with Gasteiger partial charge in [-0.2, -0.15) is 5.10 Å². The summed E-state index contributed by atoms with van der Waals surface area (Å²) >= 11 is 1.01. The Morgan fingerprint density at radius 2 is 2.09 bits per heavy atom. The van der Waals surface area contributed by atoms with E-state index in [1.54, 1.807) is 17.8 Å². The first-order chi connectivity index (χ1) is 15.3. The van der Waals surface area contributed by atoms with E-state index in [4.69, 9.17) is 11.5 Å². The molecular formula is C21H28FN7O2S. The molecule has 1 fully saturated rings. The van der Waals surface area contributed by atoms with Gasteiger partial charge in [0.25, 0.3) is 5.91 Å². The number of nitrogens with zero attached hydrogens (tertiary/aromatic N) is 4. The molecule has 3 heterocycles. The molecule has 9 nitrogen and oxygen atoms in total. The van der Waals surface area contributed by atoms with Crippen molar-refractivity contribution in [1.82, 2.24) is 14.8 Å². The summed E-state index contributed by atoms with van der Waals surface area (Å²) in [6, 6.07) is 0. The molecule has 2 aromatic heterocycles. The molecule has 2 atom stereocenters. The summed E-state index contributed by atoms with van der Waals surface area (Å²) in [5.74, 6) is 0.259. The number of rotatable bonds is 5. The van der Waals surface area contributed by atoms with E-state index in [9.17, 15) is 14.0 Å². The molecule has 2 aliphatic rings. The maximum atomic E-state index is 14.1. The lowest BCUT2D eigenvalue weighted by atomic mass is 9.89. The number of nitrogen functional groups attached to an aromatic ring is 1. The van der Waals surface area contributed by atoms with Crippen molar-refractivity contribution in [2.75, 3.05) is 35.6 Å². The summed E-state index contributed by atoms with van der Waals surface area (Å²) in [6.07, 6.45) is 3.71. The lowest BCUT2D eigenvalue weighted by molar-refractivity contribution is -0.115. The average Bonchev–Trinajstić information content (AvgIpc) is 3.33. The first kappa shape index (κ1) is 22.4. The number of allylic oxidation sites excluding steroid dienone is 2. The van der Waals surface area contributed by atoms with Gasteiger partial charge in [0.2, 0.25) is 0 Å². The summed E-state index contributed by atoms with van der Waals surface area (Å²) in [6.45, 7) is 4.02. The van der Waals surface area contributed by atoms with Gasteiger partial charge in [0.05, 0.1) is 11.8 Å². The van der Waals surface area contributed by atoms with E-state index >= 15 is 0 Å². The summed E-state index contributed by atoms with van der Waals surface area (Å²) in [5.41, 5.74) is 12.6. The number of piperidine rings is 1. The van der Waals surface area contributed by atoms with Crippen molar-refractivity contribution in [2.24, 2.45) is 24.6 Å². The number of nitrogens with one attached hydrogen (secondary N) is 1. The van der Waals surface area contributed by atoms with Crippen molar-refractivity contribution in [1.29, 1.82) is 0 Å². The largest absolute Gasteiger partial charge is 0.389 e. The average molecular weight is 462 g/mol. The number of thiazole rings is 1. The molecule has 1 aliphatic heterocycles. The Morgan fingerprint density at radius 1 is 1.38 bits per heavy atom. The van der Waals surface area contributed by atoms with Crippen LogP contribution in [0, 0.1) is 11.8 Å². The van der Waals surface area contributed by atoms with Crippen molar-refractivity contribution in [2.45, 2.75) is 32.4 Å². The predicted molar refractivity (Wildman–Crippen MR) is 123 cm³/mol. The number of ketones is 1. The standard InChI is InChI=1S/C21H28FN7O2S/c1-11-7-16(30)13(8-14(11)22)20-27-17(18(24)32-20)19(31)26-15-10-25-28(2)21(15)29-5-3-12(9-23)4-6-29/h8,10-12,14H,3-7,9,23-24H2,1-2H3,(H,26,31). The van der Waals surface area contributed by atoms with Crippen LogP contribution in [0.1, 0.15) is 41.7 Å². The molecule has 0 bridgehead atoms. The third-order valence-corrected chi connectivity index (χ3v) is 7.10. The fourth-order valence-electron chi connectivity index (χ4n) is 4.19. The van der Waals surface area contributed by atoms with Crippen LogP contribution in [-0.2, 0) is 11.8 Å². The van der Waals surface area contributed by atoms with Crippen molar-refractivity contribution in [3.8, 4) is 0 Å². The van der Waals surface area contributed by atoms with Crippen LogP contribution < -0.4 is 21.7 Å². The molecule has 2 aromatic rings. The van der Waals surface area contributed by atoms with Gasteiger partial charge in [-0.05, 0) is 37.3 Å². The van der Waals surface area contributed by atoms with Crippen LogP contribution in [0.25, 0.3) is 5.57 Å². The highest BCUT2D eigenvalue weighted by Crippen LogP contribution is 2.35. The number of aryl methyl sites for hydroxylation is 1. The number of carbonyl (C=O) groups is 2. The zero-order valence-corrected chi connectivity index (χ0v) is 19.0. The van der Waals surface area contributed by atoms with Crippen LogP contribution in [0.4, 0.5) is 20.9 Å². The number of halogens is 1. The highest BCUT2D eigenvalue weighted by atomic mass is 32.1. The van der Waals surface area contributed by atoms with Gasteiger partial charge < -0.3 is 21.7 Å². The number of nitrogens with two attached hydrogens (primary N) is 2. The molecule has 0 spiro atoms. The van der Waals surface area contributed by atoms with Gasteiger partial charge in [-0.25, -0.2) is 9.37 Å². The van der Waals surface area contributed by atoms with Gasteiger partial charge in [-0.15, -0.1) is 0 Å². The Bertz CT molecular complexity index is 1050. The molecule has 0 radical (unpaired) electrons. The summed E-state index contributed by atoms with van der Waals surface area (Å²) in [4.78, 5) is 31.8. The van der Waals surface area contributed by atoms with Gasteiger partial charge in [-0.1, -0.05) is 18.3 Å². The van der Waals surface area contributed by atoms with Crippen LogP contribution in [0.15, 0.2) is 12.3 Å². The Morgan fingerprint density at radius 3 is 2.78 bits per heavy atom. The van der Waals surface area contributed by atoms with E-state index in [0.29, 0.717) is 18.2 Å². The Balaban J connectivity index is 1.54. The van der Waals surface area contributed by atoms with Crippen molar-refractivity contribution in [3.63, 3.8) is 0 Å². The summed E-state index contributed by atoms with van der Waals surface area (Å²) < 4.78 is 15.9. The Hall–Kier alpha value is -2.79. The number of aromatic nitrogens is 3. The molecule has 2 unspecified atom stereocenters. The van der Waals surface area contributed by atoms with Gasteiger partial charge >= 0.3 is 0 Å². The fourth-order valence-corrected chi connectivity index (χ4v) is 5.06. The number of hydrogen-bond donors (Lipinski definition) is 3. The Labute approximate surface area is 189 Å². The number of carbonyl (C=O) groups excluding carboxylic acids is 2. The van der Waals surface area contributed by atoms with Crippen molar-refractivity contribution in [3.05, 3.63) is 23.0 Å². The normalized spacial score (nSPS) is 22.2. The molecule has 0 saturated carbocycles. The number of amides is 1. The third kappa shape index (κ3) is 4.26. The minimum Gasteiger partial charge on any atom is -0.389 e. The van der Waals surface area contributed by atoms with Crippen LogP contribution in [0.3, 0.4) is 0 Å². The van der Waals surface area contributed by atoms with Gasteiger partial charge in [0, 0.05) is 26.6 Å². The molecule has 11 heteroatoms. The second kappa shape index (κ2) is 8.99. The second-order valence-corrected chi connectivity index (χ2v) is 9.52. The quantitative estimate of drug-likeness (QED) is 0.622. The van der Waals surface area contributed by atoms with Crippen LogP contribution >= 0.6 is 11.3 Å².